The van der Waals surface area contributed by atoms with Crippen molar-refractivity contribution >= 4 is 16.8 Å². The van der Waals surface area contributed by atoms with Gasteiger partial charge in [-0.15, -0.1) is 0 Å². The molecule has 1 aliphatic heterocycles. The SMILES string of the molecule is Cc1cc2c(cnn2-c2ccc(F)cc2)cc1C12CN(C(=O)c3ncccc3C)CC1C2c1ccccc1. The van der Waals surface area contributed by atoms with Crippen molar-refractivity contribution in [1.82, 2.24) is 19.7 Å². The first-order chi connectivity index (χ1) is 18.5. The summed E-state index contributed by atoms with van der Waals surface area (Å²) in [5.74, 6) is 0.419. The van der Waals surface area contributed by atoms with E-state index in [-0.39, 0.29) is 17.1 Å². The Labute approximate surface area is 220 Å². The van der Waals surface area contributed by atoms with Gasteiger partial charge in [0.05, 0.1) is 17.4 Å². The molecular formula is C32H27FN4O. The summed E-state index contributed by atoms with van der Waals surface area (Å²) in [6.07, 6.45) is 3.57. The molecule has 5 nitrogen and oxygen atoms in total. The van der Waals surface area contributed by atoms with Crippen molar-refractivity contribution in [2.24, 2.45) is 5.92 Å². The van der Waals surface area contributed by atoms with Crippen molar-refractivity contribution in [2.75, 3.05) is 13.1 Å². The van der Waals surface area contributed by atoms with Crippen LogP contribution in [0.3, 0.4) is 0 Å². The van der Waals surface area contributed by atoms with E-state index in [9.17, 15) is 9.18 Å². The number of piperidine rings is 1. The van der Waals surface area contributed by atoms with E-state index in [4.69, 9.17) is 0 Å². The van der Waals surface area contributed by atoms with Crippen molar-refractivity contribution < 1.29 is 9.18 Å². The lowest BCUT2D eigenvalue weighted by atomic mass is 9.86. The van der Waals surface area contributed by atoms with Crippen LogP contribution < -0.4 is 0 Å². The largest absolute Gasteiger partial charge is 0.336 e. The first-order valence-corrected chi connectivity index (χ1v) is 13.0. The Kier molecular flexibility index (Phi) is 5.02. The number of benzene rings is 3. The van der Waals surface area contributed by atoms with Crippen molar-refractivity contribution in [3.8, 4) is 5.69 Å². The number of hydrogen-bond donors (Lipinski definition) is 0. The monoisotopic (exact) mass is 502 g/mol. The molecule has 38 heavy (non-hydrogen) atoms. The summed E-state index contributed by atoms with van der Waals surface area (Å²) in [6.45, 7) is 5.46. The minimum absolute atomic E-state index is 0.00403. The number of likely N-dealkylation sites (tertiary alicyclic amines) is 1. The number of nitrogens with zero attached hydrogens (tertiary/aromatic N) is 4. The molecule has 2 aliphatic rings. The summed E-state index contributed by atoms with van der Waals surface area (Å²) >= 11 is 0. The number of fused-ring (bicyclic) bond motifs is 2. The van der Waals surface area contributed by atoms with Crippen LogP contribution in [-0.4, -0.2) is 38.7 Å². The average molecular weight is 503 g/mol. The highest BCUT2D eigenvalue weighted by Gasteiger charge is 2.71. The lowest BCUT2D eigenvalue weighted by Crippen LogP contribution is -2.35. The standard InChI is InChI=1S/C32H27FN4O/c1-20-7-6-14-34-30(20)31(38)36-18-27-29(22-8-4-3-5-9-22)32(27,19-36)26-16-23-17-35-37(28(23)15-21(26)2)25-12-10-24(33)11-13-25/h3-17,27,29H,18-19H2,1-2H3. The van der Waals surface area contributed by atoms with E-state index in [0.29, 0.717) is 30.6 Å². The molecule has 2 fully saturated rings. The fraction of sp³-hybridized carbons (Fsp3) is 0.219. The van der Waals surface area contributed by atoms with Crippen LogP contribution in [0.5, 0.6) is 0 Å². The molecule has 3 unspecified atom stereocenters. The number of carbonyl (C=O) groups excluding carboxylic acids is 1. The van der Waals surface area contributed by atoms with E-state index >= 15 is 0 Å². The van der Waals surface area contributed by atoms with Gasteiger partial charge < -0.3 is 4.90 Å². The third-order valence-electron chi connectivity index (χ3n) is 8.52. The van der Waals surface area contributed by atoms with E-state index < -0.39 is 0 Å². The second kappa shape index (κ2) is 8.35. The Hall–Kier alpha value is -4.32. The zero-order valence-corrected chi connectivity index (χ0v) is 21.3. The molecule has 6 heteroatoms. The van der Waals surface area contributed by atoms with Crippen LogP contribution in [0, 0.1) is 25.6 Å². The molecule has 188 valence electrons. The third kappa shape index (κ3) is 3.33. The second-order valence-electron chi connectivity index (χ2n) is 10.6. The summed E-state index contributed by atoms with van der Waals surface area (Å²) in [5, 5.41) is 5.67. The molecule has 7 rings (SSSR count). The topological polar surface area (TPSA) is 51.0 Å². The van der Waals surface area contributed by atoms with E-state index in [1.54, 1.807) is 18.3 Å². The molecule has 3 heterocycles. The Morgan fingerprint density at radius 3 is 2.53 bits per heavy atom. The summed E-state index contributed by atoms with van der Waals surface area (Å²) in [4.78, 5) is 20.0. The highest BCUT2D eigenvalue weighted by Crippen LogP contribution is 2.69. The fourth-order valence-corrected chi connectivity index (χ4v) is 6.74. The van der Waals surface area contributed by atoms with E-state index in [2.05, 4.69) is 59.5 Å². The molecule has 0 bridgehead atoms. The quantitative estimate of drug-likeness (QED) is 0.304. The van der Waals surface area contributed by atoms with Crippen molar-refractivity contribution in [3.63, 3.8) is 0 Å². The summed E-state index contributed by atoms with van der Waals surface area (Å²) in [7, 11) is 0. The van der Waals surface area contributed by atoms with Gasteiger partial charge in [-0.2, -0.15) is 5.10 Å². The average Bonchev–Trinajstić information content (AvgIpc) is 3.19. The zero-order chi connectivity index (χ0) is 26.0. The molecule has 0 spiro atoms. The van der Waals surface area contributed by atoms with Crippen LogP contribution in [0.2, 0.25) is 0 Å². The number of carbonyl (C=O) groups is 1. The molecule has 3 atom stereocenters. The van der Waals surface area contributed by atoms with Gasteiger partial charge in [-0.05, 0) is 84.5 Å². The second-order valence-corrected chi connectivity index (χ2v) is 10.6. The van der Waals surface area contributed by atoms with Crippen molar-refractivity contribution in [1.29, 1.82) is 0 Å². The number of hydrogen-bond acceptors (Lipinski definition) is 3. The molecular weight excluding hydrogens is 475 g/mol. The van der Waals surface area contributed by atoms with Gasteiger partial charge in [-0.1, -0.05) is 36.4 Å². The molecule has 1 saturated carbocycles. The number of aromatic nitrogens is 3. The Bertz CT molecular complexity index is 1690. The smallest absolute Gasteiger partial charge is 0.272 e. The minimum Gasteiger partial charge on any atom is -0.336 e. The van der Waals surface area contributed by atoms with Gasteiger partial charge in [0.15, 0.2) is 0 Å². The molecule has 2 aromatic heterocycles. The summed E-state index contributed by atoms with van der Waals surface area (Å²) in [6, 6.07) is 25.3. The van der Waals surface area contributed by atoms with E-state index in [1.165, 1.54) is 28.8 Å². The molecule has 3 aromatic carbocycles. The Balaban J connectivity index is 1.31. The molecule has 1 saturated heterocycles. The van der Waals surface area contributed by atoms with Crippen molar-refractivity contribution in [2.45, 2.75) is 25.2 Å². The predicted molar refractivity (Wildman–Crippen MR) is 145 cm³/mol. The lowest BCUT2D eigenvalue weighted by molar-refractivity contribution is 0.0762. The number of amides is 1. The number of rotatable bonds is 4. The van der Waals surface area contributed by atoms with Crippen LogP contribution in [0.1, 0.15) is 38.7 Å². The normalized spacial score (nSPS) is 22.0. The number of pyridine rings is 1. The van der Waals surface area contributed by atoms with Crippen LogP contribution >= 0.6 is 0 Å². The van der Waals surface area contributed by atoms with Crippen LogP contribution in [0.25, 0.3) is 16.6 Å². The lowest BCUT2D eigenvalue weighted by Gasteiger charge is -2.26. The Morgan fingerprint density at radius 1 is 0.974 bits per heavy atom. The molecule has 0 N–H and O–H groups in total. The molecule has 0 radical (unpaired) electrons. The van der Waals surface area contributed by atoms with Gasteiger partial charge in [-0.3, -0.25) is 9.78 Å². The molecule has 1 aliphatic carbocycles. The van der Waals surface area contributed by atoms with Crippen LogP contribution in [0.15, 0.2) is 91.3 Å². The maximum absolute atomic E-state index is 13.6. The first-order valence-electron chi connectivity index (χ1n) is 13.0. The predicted octanol–water partition coefficient (Wildman–Crippen LogP) is 5.98. The van der Waals surface area contributed by atoms with Gasteiger partial charge in [0.25, 0.3) is 5.91 Å². The van der Waals surface area contributed by atoms with Gasteiger partial charge in [0.2, 0.25) is 0 Å². The van der Waals surface area contributed by atoms with Crippen LogP contribution in [0.4, 0.5) is 4.39 Å². The van der Waals surface area contributed by atoms with Crippen molar-refractivity contribution in [3.05, 3.63) is 125 Å². The van der Waals surface area contributed by atoms with Gasteiger partial charge in [0, 0.05) is 36.0 Å². The highest BCUT2D eigenvalue weighted by atomic mass is 19.1. The molecule has 5 aromatic rings. The summed E-state index contributed by atoms with van der Waals surface area (Å²) < 4.78 is 15.4. The third-order valence-corrected chi connectivity index (χ3v) is 8.52. The zero-order valence-electron chi connectivity index (χ0n) is 21.3. The minimum atomic E-state index is -0.268. The van der Waals surface area contributed by atoms with Gasteiger partial charge in [0.1, 0.15) is 11.5 Å². The van der Waals surface area contributed by atoms with E-state index in [0.717, 1.165) is 22.2 Å². The maximum atomic E-state index is 13.6. The molecule has 1 amide bonds. The highest BCUT2D eigenvalue weighted by molar-refractivity contribution is 5.94. The van der Waals surface area contributed by atoms with Gasteiger partial charge in [-0.25, -0.2) is 9.07 Å². The number of halogens is 1. The Morgan fingerprint density at radius 2 is 1.76 bits per heavy atom. The van der Waals surface area contributed by atoms with Gasteiger partial charge >= 0.3 is 0 Å². The maximum Gasteiger partial charge on any atom is 0.272 e. The van der Waals surface area contributed by atoms with Crippen LogP contribution in [-0.2, 0) is 5.41 Å². The number of aryl methyl sites for hydroxylation is 2. The van der Waals surface area contributed by atoms with E-state index in [1.807, 2.05) is 34.8 Å². The fourth-order valence-electron chi connectivity index (χ4n) is 6.74. The summed E-state index contributed by atoms with van der Waals surface area (Å²) in [5.41, 5.74) is 6.85. The first kappa shape index (κ1) is 22.8.